The average molecular weight is 306 g/mol. The number of carbonyl (C=O) groups excluding carboxylic acids is 1. The third-order valence-corrected chi connectivity index (χ3v) is 3.70. The summed E-state index contributed by atoms with van der Waals surface area (Å²) in [7, 11) is 0. The molecule has 1 amide bonds. The van der Waals surface area contributed by atoms with Crippen LogP contribution in [0, 0.1) is 5.92 Å². The first-order valence-corrected chi connectivity index (χ1v) is 6.38. The van der Waals surface area contributed by atoms with E-state index < -0.39 is 11.9 Å². The average Bonchev–Trinajstić information content (AvgIpc) is 2.64. The Hall–Kier alpha value is -0.880. The number of thiophene rings is 1. The predicted octanol–water partition coefficient (Wildman–Crippen LogP) is 2.35. The maximum absolute atomic E-state index is 11.5. The highest BCUT2D eigenvalue weighted by atomic mass is 79.9. The summed E-state index contributed by atoms with van der Waals surface area (Å²) in [5.41, 5.74) is 0. The van der Waals surface area contributed by atoms with E-state index in [-0.39, 0.29) is 5.91 Å². The molecule has 1 heterocycles. The van der Waals surface area contributed by atoms with Gasteiger partial charge in [0.15, 0.2) is 0 Å². The first kappa shape index (κ1) is 13.2. The highest BCUT2D eigenvalue weighted by Crippen LogP contribution is 2.21. The van der Waals surface area contributed by atoms with Gasteiger partial charge in [-0.2, -0.15) is 0 Å². The Balaban J connectivity index is 2.34. The Labute approximate surface area is 106 Å². The van der Waals surface area contributed by atoms with Crippen molar-refractivity contribution >= 4 is 39.1 Å². The van der Waals surface area contributed by atoms with E-state index in [1.165, 1.54) is 11.3 Å². The Morgan fingerprint density at radius 3 is 2.75 bits per heavy atom. The lowest BCUT2D eigenvalue weighted by molar-refractivity contribution is -0.141. The molecule has 1 rings (SSSR count). The minimum atomic E-state index is -0.840. The molecule has 0 fully saturated rings. The van der Waals surface area contributed by atoms with Crippen molar-refractivity contribution in [1.29, 1.82) is 0 Å². The summed E-state index contributed by atoms with van der Waals surface area (Å²) in [5, 5.41) is 11.3. The van der Waals surface area contributed by atoms with Crippen LogP contribution >= 0.6 is 27.3 Å². The standard InChI is InChI=1S/C10H12BrNO3S/c1-6(10(14)15)4-5-12-9(13)7-2-3-8(11)16-7/h2-3,6H,4-5H2,1H3,(H,12,13)(H,14,15). The monoisotopic (exact) mass is 305 g/mol. The smallest absolute Gasteiger partial charge is 0.306 e. The molecule has 1 aromatic heterocycles. The fourth-order valence-corrected chi connectivity index (χ4v) is 2.35. The van der Waals surface area contributed by atoms with Crippen molar-refractivity contribution in [3.05, 3.63) is 20.8 Å². The van der Waals surface area contributed by atoms with Gasteiger partial charge in [0.2, 0.25) is 0 Å². The molecule has 0 bridgehead atoms. The van der Waals surface area contributed by atoms with Crippen LogP contribution in [0.1, 0.15) is 23.0 Å². The van der Waals surface area contributed by atoms with Crippen LogP contribution in [0.25, 0.3) is 0 Å². The van der Waals surface area contributed by atoms with Crippen LogP contribution in [0.2, 0.25) is 0 Å². The van der Waals surface area contributed by atoms with Crippen molar-refractivity contribution in [2.75, 3.05) is 6.54 Å². The van der Waals surface area contributed by atoms with Crippen LogP contribution in [0.3, 0.4) is 0 Å². The first-order valence-electron chi connectivity index (χ1n) is 4.77. The molecule has 0 aliphatic rings. The molecule has 0 radical (unpaired) electrons. The molecule has 0 aliphatic heterocycles. The van der Waals surface area contributed by atoms with Crippen molar-refractivity contribution < 1.29 is 14.7 Å². The van der Waals surface area contributed by atoms with E-state index in [1.807, 2.05) is 0 Å². The van der Waals surface area contributed by atoms with Crippen LogP contribution < -0.4 is 5.32 Å². The van der Waals surface area contributed by atoms with Gasteiger partial charge < -0.3 is 10.4 Å². The molecule has 1 unspecified atom stereocenters. The van der Waals surface area contributed by atoms with Crippen molar-refractivity contribution in [1.82, 2.24) is 5.32 Å². The van der Waals surface area contributed by atoms with E-state index in [0.717, 1.165) is 3.79 Å². The third kappa shape index (κ3) is 3.94. The minimum Gasteiger partial charge on any atom is -0.481 e. The van der Waals surface area contributed by atoms with Crippen LogP contribution in [-0.4, -0.2) is 23.5 Å². The second-order valence-corrected chi connectivity index (χ2v) is 5.85. The normalized spacial score (nSPS) is 12.1. The molecule has 0 spiro atoms. The van der Waals surface area contributed by atoms with Crippen molar-refractivity contribution in [2.45, 2.75) is 13.3 Å². The summed E-state index contributed by atoms with van der Waals surface area (Å²) in [6.07, 6.45) is 0.438. The van der Waals surface area contributed by atoms with Gasteiger partial charge in [-0.1, -0.05) is 6.92 Å². The number of carboxylic acid groups (broad SMARTS) is 1. The van der Waals surface area contributed by atoms with Gasteiger partial charge in [-0.3, -0.25) is 9.59 Å². The van der Waals surface area contributed by atoms with E-state index in [1.54, 1.807) is 19.1 Å². The fourth-order valence-electron chi connectivity index (χ4n) is 1.05. The third-order valence-electron chi connectivity index (χ3n) is 2.08. The topological polar surface area (TPSA) is 66.4 Å². The molecule has 0 aromatic carbocycles. The molecular weight excluding hydrogens is 294 g/mol. The Kier molecular flexibility index (Phi) is 4.95. The summed E-state index contributed by atoms with van der Waals surface area (Å²) in [4.78, 5) is 22.7. The Morgan fingerprint density at radius 2 is 2.25 bits per heavy atom. The zero-order valence-corrected chi connectivity index (χ0v) is 11.1. The van der Waals surface area contributed by atoms with Gasteiger partial charge in [0.25, 0.3) is 5.91 Å². The summed E-state index contributed by atoms with van der Waals surface area (Å²) >= 11 is 4.62. The molecular formula is C10H12BrNO3S. The number of aliphatic carboxylic acids is 1. The molecule has 2 N–H and O–H groups in total. The summed E-state index contributed by atoms with van der Waals surface area (Å²) in [6, 6.07) is 3.53. The molecule has 0 saturated carbocycles. The minimum absolute atomic E-state index is 0.159. The van der Waals surface area contributed by atoms with Gasteiger partial charge in [-0.05, 0) is 34.5 Å². The lowest BCUT2D eigenvalue weighted by Crippen LogP contribution is -2.26. The van der Waals surface area contributed by atoms with Gasteiger partial charge in [0.05, 0.1) is 14.6 Å². The molecule has 1 atom stereocenters. The summed E-state index contributed by atoms with van der Waals surface area (Å²) in [5.74, 6) is -1.43. The number of rotatable bonds is 5. The molecule has 4 nitrogen and oxygen atoms in total. The Morgan fingerprint density at radius 1 is 1.56 bits per heavy atom. The molecule has 0 saturated heterocycles. The molecule has 6 heteroatoms. The maximum Gasteiger partial charge on any atom is 0.306 e. The van der Waals surface area contributed by atoms with Gasteiger partial charge in [0.1, 0.15) is 0 Å². The van der Waals surface area contributed by atoms with Crippen LogP contribution in [0.15, 0.2) is 15.9 Å². The number of nitrogens with one attached hydrogen (secondary N) is 1. The Bertz CT molecular complexity index is 391. The highest BCUT2D eigenvalue weighted by molar-refractivity contribution is 9.11. The van der Waals surface area contributed by atoms with Crippen molar-refractivity contribution in [3.63, 3.8) is 0 Å². The lowest BCUT2D eigenvalue weighted by atomic mass is 10.1. The quantitative estimate of drug-likeness (QED) is 0.877. The second-order valence-electron chi connectivity index (χ2n) is 3.39. The van der Waals surface area contributed by atoms with Gasteiger partial charge in [0, 0.05) is 6.54 Å². The van der Waals surface area contributed by atoms with E-state index in [0.29, 0.717) is 17.8 Å². The number of hydrogen-bond acceptors (Lipinski definition) is 3. The fraction of sp³-hybridized carbons (Fsp3) is 0.400. The molecule has 0 aliphatic carbocycles. The largest absolute Gasteiger partial charge is 0.481 e. The highest BCUT2D eigenvalue weighted by Gasteiger charge is 2.12. The zero-order valence-electron chi connectivity index (χ0n) is 8.70. The number of hydrogen-bond donors (Lipinski definition) is 2. The predicted molar refractivity (Wildman–Crippen MR) is 65.8 cm³/mol. The molecule has 1 aromatic rings. The van der Waals surface area contributed by atoms with E-state index >= 15 is 0 Å². The maximum atomic E-state index is 11.5. The van der Waals surface area contributed by atoms with Crippen LogP contribution in [-0.2, 0) is 4.79 Å². The van der Waals surface area contributed by atoms with Gasteiger partial charge in [-0.25, -0.2) is 0 Å². The lowest BCUT2D eigenvalue weighted by Gasteiger charge is -2.06. The zero-order chi connectivity index (χ0) is 12.1. The van der Waals surface area contributed by atoms with Crippen molar-refractivity contribution in [3.8, 4) is 0 Å². The van der Waals surface area contributed by atoms with E-state index in [9.17, 15) is 9.59 Å². The van der Waals surface area contributed by atoms with E-state index in [2.05, 4.69) is 21.2 Å². The van der Waals surface area contributed by atoms with Crippen molar-refractivity contribution in [2.24, 2.45) is 5.92 Å². The van der Waals surface area contributed by atoms with Gasteiger partial charge >= 0.3 is 5.97 Å². The van der Waals surface area contributed by atoms with Gasteiger partial charge in [-0.15, -0.1) is 11.3 Å². The summed E-state index contributed by atoms with van der Waals surface area (Å²) < 4.78 is 0.900. The SMILES string of the molecule is CC(CCNC(=O)c1ccc(Br)s1)C(=O)O. The first-order chi connectivity index (χ1) is 7.50. The number of halogens is 1. The van der Waals surface area contributed by atoms with Crippen LogP contribution in [0.4, 0.5) is 0 Å². The molecule has 16 heavy (non-hydrogen) atoms. The van der Waals surface area contributed by atoms with Crippen LogP contribution in [0.5, 0.6) is 0 Å². The number of amides is 1. The second kappa shape index (κ2) is 6.00. The number of carbonyl (C=O) groups is 2. The summed E-state index contributed by atoms with van der Waals surface area (Å²) in [6.45, 7) is 2.00. The number of carboxylic acids is 1. The van der Waals surface area contributed by atoms with E-state index in [4.69, 9.17) is 5.11 Å². The molecule has 88 valence electrons.